The highest BCUT2D eigenvalue weighted by atomic mass is 79.9. The van der Waals surface area contributed by atoms with Gasteiger partial charge in [-0.3, -0.25) is 0 Å². The highest BCUT2D eigenvalue weighted by Crippen LogP contribution is 2.35. The van der Waals surface area contributed by atoms with Crippen molar-refractivity contribution in [2.45, 2.75) is 37.5 Å². The number of anilines is 1. The van der Waals surface area contributed by atoms with Gasteiger partial charge in [-0.2, -0.15) is 0 Å². The molecule has 0 unspecified atom stereocenters. The largest absolute Gasteiger partial charge is 0.478 e. The Morgan fingerprint density at radius 3 is 2.47 bits per heavy atom. The number of hydrogen-bond acceptors (Lipinski definition) is 6. The summed E-state index contributed by atoms with van der Waals surface area (Å²) in [6.07, 6.45) is 0. The van der Waals surface area contributed by atoms with Gasteiger partial charge in [0.15, 0.2) is 0 Å². The molecule has 0 saturated carbocycles. The molecule has 1 heterocycles. The molecule has 0 atom stereocenters. The van der Waals surface area contributed by atoms with Gasteiger partial charge in [-0.1, -0.05) is 48.9 Å². The Morgan fingerprint density at radius 1 is 1.20 bits per heavy atom. The molecule has 0 saturated heterocycles. The normalized spacial score (nSPS) is 12.1. The van der Waals surface area contributed by atoms with Gasteiger partial charge >= 0.3 is 0 Å². The zero-order valence-corrected chi connectivity index (χ0v) is 22.3. The molecule has 0 radical (unpaired) electrons. The first-order valence-corrected chi connectivity index (χ1v) is 15.7. The van der Waals surface area contributed by atoms with Crippen LogP contribution >= 0.6 is 39.1 Å². The first kappa shape index (κ1) is 25.3. The van der Waals surface area contributed by atoms with Gasteiger partial charge in [0.1, 0.15) is 16.2 Å². The molecule has 0 aliphatic carbocycles. The molecule has 0 N–H and O–H groups in total. The summed E-state index contributed by atoms with van der Waals surface area (Å²) >= 11 is 15.6. The summed E-state index contributed by atoms with van der Waals surface area (Å²) < 4.78 is 39.6. The molecule has 30 heavy (non-hydrogen) atoms. The molecule has 7 nitrogen and oxygen atoms in total. The van der Waals surface area contributed by atoms with Crippen molar-refractivity contribution >= 4 is 63.0 Å². The van der Waals surface area contributed by atoms with Gasteiger partial charge in [0.25, 0.3) is 15.9 Å². The molecule has 1 aromatic carbocycles. The van der Waals surface area contributed by atoms with E-state index in [1.807, 2.05) is 0 Å². The zero-order valence-electron chi connectivity index (χ0n) is 17.4. The third kappa shape index (κ3) is 6.07. The van der Waals surface area contributed by atoms with E-state index in [-0.39, 0.29) is 33.4 Å². The maximum absolute atomic E-state index is 13.5. The Bertz CT molecular complexity index is 1020. The van der Waals surface area contributed by atoms with Crippen molar-refractivity contribution in [1.82, 2.24) is 9.97 Å². The molecule has 0 spiro atoms. The van der Waals surface area contributed by atoms with Gasteiger partial charge in [0, 0.05) is 14.7 Å². The van der Waals surface area contributed by atoms with Crippen LogP contribution in [-0.2, 0) is 14.8 Å². The van der Waals surface area contributed by atoms with E-state index in [0.29, 0.717) is 16.9 Å². The van der Waals surface area contributed by atoms with E-state index in [0.717, 1.165) is 10.3 Å². The monoisotopic (exact) mass is 555 g/mol. The van der Waals surface area contributed by atoms with E-state index in [9.17, 15) is 8.42 Å². The molecule has 166 valence electrons. The second-order valence-electron chi connectivity index (χ2n) is 7.69. The number of aromatic nitrogens is 2. The number of aryl methyl sites for hydroxylation is 1. The van der Waals surface area contributed by atoms with Crippen LogP contribution in [0.4, 0.5) is 5.82 Å². The summed E-state index contributed by atoms with van der Waals surface area (Å²) in [5, 5.41) is 0.0504. The van der Waals surface area contributed by atoms with Crippen molar-refractivity contribution in [3.63, 3.8) is 0 Å². The third-order valence-electron chi connectivity index (χ3n) is 4.08. The number of halogens is 3. The highest BCUT2D eigenvalue weighted by Gasteiger charge is 2.32. The lowest BCUT2D eigenvalue weighted by molar-refractivity contribution is 0.155. The summed E-state index contributed by atoms with van der Waals surface area (Å²) in [6, 6.07) is 5.29. The van der Waals surface area contributed by atoms with Crippen molar-refractivity contribution in [3.05, 3.63) is 38.5 Å². The fourth-order valence-electron chi connectivity index (χ4n) is 2.34. The molecule has 0 bridgehead atoms. The zero-order chi connectivity index (χ0) is 22.7. The first-order valence-electron chi connectivity index (χ1n) is 9.01. The standard InChI is InChI=1S/C18H24BrCl2N3O4SSi/c1-12-16(19)23-18(27-2)17(22-12)24(11-28-9-10-30(3,4)5)29(25,26)14-8-6-7-13(20)15(14)21/h6-8H,9-11H2,1-5H3. The van der Waals surface area contributed by atoms with Crippen molar-refractivity contribution in [2.24, 2.45) is 0 Å². The Balaban J connectivity index is 2.54. The molecule has 0 aliphatic heterocycles. The van der Waals surface area contributed by atoms with Crippen LogP contribution in [0.5, 0.6) is 5.88 Å². The van der Waals surface area contributed by atoms with Crippen LogP contribution < -0.4 is 9.04 Å². The van der Waals surface area contributed by atoms with Crippen molar-refractivity contribution in [2.75, 3.05) is 24.8 Å². The summed E-state index contributed by atoms with van der Waals surface area (Å²) in [4.78, 5) is 8.47. The van der Waals surface area contributed by atoms with Crippen molar-refractivity contribution in [1.29, 1.82) is 0 Å². The maximum atomic E-state index is 13.5. The van der Waals surface area contributed by atoms with Crippen LogP contribution in [0.3, 0.4) is 0 Å². The highest BCUT2D eigenvalue weighted by molar-refractivity contribution is 9.10. The summed E-state index contributed by atoms with van der Waals surface area (Å²) in [6.45, 7) is 8.47. The lowest BCUT2D eigenvalue weighted by Crippen LogP contribution is -2.35. The molecule has 0 fully saturated rings. The molecular weight excluding hydrogens is 533 g/mol. The van der Waals surface area contributed by atoms with E-state index in [1.165, 1.54) is 25.3 Å². The molecule has 12 heteroatoms. The van der Waals surface area contributed by atoms with Crippen LogP contribution in [0.15, 0.2) is 27.7 Å². The van der Waals surface area contributed by atoms with E-state index in [2.05, 4.69) is 45.5 Å². The van der Waals surface area contributed by atoms with Gasteiger partial charge < -0.3 is 9.47 Å². The number of ether oxygens (including phenoxy) is 2. The minimum Gasteiger partial charge on any atom is -0.478 e. The fourth-order valence-corrected chi connectivity index (χ4v) is 5.38. The summed E-state index contributed by atoms with van der Waals surface area (Å²) in [5.74, 6) is 0.0326. The summed E-state index contributed by atoms with van der Waals surface area (Å²) in [5.41, 5.74) is 0.491. The quantitative estimate of drug-likeness (QED) is 0.234. The van der Waals surface area contributed by atoms with Gasteiger partial charge in [-0.05, 0) is 41.0 Å². The van der Waals surface area contributed by atoms with Gasteiger partial charge in [0.05, 0.1) is 22.8 Å². The van der Waals surface area contributed by atoms with Crippen LogP contribution in [0.2, 0.25) is 35.7 Å². The minimum absolute atomic E-state index is 0.00208. The SMILES string of the molecule is COc1nc(Br)c(C)nc1N(COCC[Si](C)(C)C)S(=O)(=O)c1cccc(Cl)c1Cl. The molecule has 2 rings (SSSR count). The van der Waals surface area contributed by atoms with Gasteiger partial charge in [0.2, 0.25) is 5.82 Å². The Kier molecular flexibility index (Phi) is 8.57. The average Bonchev–Trinajstić information content (AvgIpc) is 2.64. The number of methoxy groups -OCH3 is 1. The molecule has 0 amide bonds. The Morgan fingerprint density at radius 2 is 1.87 bits per heavy atom. The lowest BCUT2D eigenvalue weighted by Gasteiger charge is -2.26. The number of nitrogens with zero attached hydrogens (tertiary/aromatic N) is 3. The van der Waals surface area contributed by atoms with E-state index in [1.54, 1.807) is 6.92 Å². The number of rotatable bonds is 9. The van der Waals surface area contributed by atoms with E-state index in [4.69, 9.17) is 32.7 Å². The Hall–Kier alpha value is -0.913. The van der Waals surface area contributed by atoms with Crippen molar-refractivity contribution < 1.29 is 17.9 Å². The summed E-state index contributed by atoms with van der Waals surface area (Å²) in [7, 11) is -4.15. The lowest BCUT2D eigenvalue weighted by atomic mass is 10.4. The van der Waals surface area contributed by atoms with Crippen LogP contribution in [0.1, 0.15) is 5.69 Å². The second-order valence-corrected chi connectivity index (χ2v) is 16.7. The predicted molar refractivity (Wildman–Crippen MR) is 126 cm³/mol. The molecular formula is C18H24BrCl2N3O4SSi. The second kappa shape index (κ2) is 10.1. The third-order valence-corrected chi connectivity index (χ3v) is 9.22. The van der Waals surface area contributed by atoms with Crippen molar-refractivity contribution in [3.8, 4) is 5.88 Å². The molecule has 0 aliphatic rings. The predicted octanol–water partition coefficient (Wildman–Crippen LogP) is 5.37. The van der Waals surface area contributed by atoms with Crippen LogP contribution in [0.25, 0.3) is 0 Å². The Labute approximate surface area is 196 Å². The van der Waals surface area contributed by atoms with E-state index >= 15 is 0 Å². The fraction of sp³-hybridized carbons (Fsp3) is 0.444. The smallest absolute Gasteiger partial charge is 0.269 e. The number of sulfonamides is 1. The molecule has 1 aromatic heterocycles. The minimum atomic E-state index is -4.18. The van der Waals surface area contributed by atoms with Gasteiger partial charge in [-0.15, -0.1) is 0 Å². The maximum Gasteiger partial charge on any atom is 0.269 e. The van der Waals surface area contributed by atoms with Crippen LogP contribution in [0, 0.1) is 6.92 Å². The van der Waals surface area contributed by atoms with Gasteiger partial charge in [-0.25, -0.2) is 22.7 Å². The average molecular weight is 557 g/mol. The molecule has 2 aromatic rings. The van der Waals surface area contributed by atoms with E-state index < -0.39 is 18.1 Å². The number of benzene rings is 1. The first-order chi connectivity index (χ1) is 13.9. The number of hydrogen-bond donors (Lipinski definition) is 0. The topological polar surface area (TPSA) is 81.6 Å². The van der Waals surface area contributed by atoms with Crippen LogP contribution in [-0.4, -0.2) is 46.9 Å².